The molecule has 0 aliphatic heterocycles. The van der Waals surface area contributed by atoms with Crippen LogP contribution in [0.25, 0.3) is 11.3 Å². The van der Waals surface area contributed by atoms with Crippen molar-refractivity contribution in [2.24, 2.45) is 18.0 Å². The minimum atomic E-state index is 0.727. The first kappa shape index (κ1) is 10.3. The van der Waals surface area contributed by atoms with Crippen LogP contribution >= 0.6 is 22.9 Å². The standard InChI is InChI=1S/C10H10ClN3S/c1-14-9(6-15-10(14)13-12)7-3-2-4-8(11)5-7/h2-6H,12H2,1H3/b13-10-. The van der Waals surface area contributed by atoms with Crippen LogP contribution < -0.4 is 10.6 Å². The van der Waals surface area contributed by atoms with E-state index < -0.39 is 0 Å². The molecule has 2 N–H and O–H groups in total. The monoisotopic (exact) mass is 239 g/mol. The fourth-order valence-corrected chi connectivity index (χ4v) is 2.42. The first-order valence-corrected chi connectivity index (χ1v) is 5.62. The van der Waals surface area contributed by atoms with Crippen molar-refractivity contribution in [2.75, 3.05) is 0 Å². The number of halogens is 1. The van der Waals surface area contributed by atoms with Crippen molar-refractivity contribution < 1.29 is 0 Å². The van der Waals surface area contributed by atoms with Gasteiger partial charge < -0.3 is 10.4 Å². The largest absolute Gasteiger partial charge is 0.320 e. The van der Waals surface area contributed by atoms with Gasteiger partial charge in [-0.05, 0) is 12.1 Å². The second kappa shape index (κ2) is 4.08. The molecular formula is C10H10ClN3S. The lowest BCUT2D eigenvalue weighted by atomic mass is 10.2. The number of rotatable bonds is 1. The molecule has 0 atom stereocenters. The highest BCUT2D eigenvalue weighted by Crippen LogP contribution is 2.22. The molecule has 0 fully saturated rings. The summed E-state index contributed by atoms with van der Waals surface area (Å²) in [5, 5.41) is 6.43. The van der Waals surface area contributed by atoms with Crippen molar-refractivity contribution >= 4 is 22.9 Å². The fraction of sp³-hybridized carbons (Fsp3) is 0.100. The van der Waals surface area contributed by atoms with E-state index in [-0.39, 0.29) is 0 Å². The Morgan fingerprint density at radius 1 is 1.47 bits per heavy atom. The summed E-state index contributed by atoms with van der Waals surface area (Å²) >= 11 is 7.44. The predicted molar refractivity (Wildman–Crippen MR) is 63.5 cm³/mol. The zero-order valence-corrected chi connectivity index (χ0v) is 9.72. The van der Waals surface area contributed by atoms with Crippen LogP contribution in [0.4, 0.5) is 0 Å². The Kier molecular flexibility index (Phi) is 2.79. The highest BCUT2D eigenvalue weighted by Gasteiger charge is 2.04. The molecule has 15 heavy (non-hydrogen) atoms. The average molecular weight is 240 g/mol. The van der Waals surface area contributed by atoms with Crippen molar-refractivity contribution in [1.29, 1.82) is 0 Å². The number of thiazole rings is 1. The third-order valence-electron chi connectivity index (χ3n) is 2.16. The molecule has 5 heteroatoms. The number of hydrogen-bond acceptors (Lipinski definition) is 3. The quantitative estimate of drug-likeness (QED) is 0.602. The molecule has 2 aromatic rings. The predicted octanol–water partition coefficient (Wildman–Crippen LogP) is 2.18. The Morgan fingerprint density at radius 2 is 2.27 bits per heavy atom. The summed E-state index contributed by atoms with van der Waals surface area (Å²) in [6.07, 6.45) is 0. The van der Waals surface area contributed by atoms with Gasteiger partial charge in [0.1, 0.15) is 0 Å². The zero-order valence-electron chi connectivity index (χ0n) is 8.14. The van der Waals surface area contributed by atoms with Crippen LogP contribution in [-0.2, 0) is 7.05 Å². The highest BCUT2D eigenvalue weighted by atomic mass is 35.5. The molecule has 0 saturated carbocycles. The number of nitrogens with two attached hydrogens (primary N) is 1. The maximum Gasteiger partial charge on any atom is 0.207 e. The van der Waals surface area contributed by atoms with E-state index in [1.165, 1.54) is 11.3 Å². The van der Waals surface area contributed by atoms with Gasteiger partial charge >= 0.3 is 0 Å². The van der Waals surface area contributed by atoms with E-state index in [2.05, 4.69) is 5.10 Å². The van der Waals surface area contributed by atoms with Gasteiger partial charge in [0.25, 0.3) is 0 Å². The lowest BCUT2D eigenvalue weighted by molar-refractivity contribution is 0.862. The van der Waals surface area contributed by atoms with Crippen LogP contribution in [0.15, 0.2) is 34.7 Å². The van der Waals surface area contributed by atoms with Gasteiger partial charge in [-0.1, -0.05) is 23.7 Å². The molecule has 78 valence electrons. The molecule has 0 aliphatic carbocycles. The molecule has 1 aromatic heterocycles. The van der Waals surface area contributed by atoms with Gasteiger partial charge in [-0.3, -0.25) is 0 Å². The van der Waals surface area contributed by atoms with E-state index in [9.17, 15) is 0 Å². The van der Waals surface area contributed by atoms with Gasteiger partial charge in [0.15, 0.2) is 0 Å². The Bertz CT molecular complexity index is 542. The van der Waals surface area contributed by atoms with Crippen molar-refractivity contribution in [2.45, 2.75) is 0 Å². The first-order valence-electron chi connectivity index (χ1n) is 4.37. The Hall–Kier alpha value is -1.26. The molecule has 3 nitrogen and oxygen atoms in total. The van der Waals surface area contributed by atoms with Crippen molar-refractivity contribution in [1.82, 2.24) is 4.57 Å². The second-order valence-corrected chi connectivity index (χ2v) is 4.37. The van der Waals surface area contributed by atoms with Crippen LogP contribution in [0.2, 0.25) is 5.02 Å². The highest BCUT2D eigenvalue weighted by molar-refractivity contribution is 7.07. The molecule has 0 aliphatic rings. The van der Waals surface area contributed by atoms with Crippen molar-refractivity contribution in [3.05, 3.63) is 39.5 Å². The van der Waals surface area contributed by atoms with Crippen molar-refractivity contribution in [3.8, 4) is 11.3 Å². The van der Waals surface area contributed by atoms with E-state index in [0.29, 0.717) is 0 Å². The van der Waals surface area contributed by atoms with Crippen molar-refractivity contribution in [3.63, 3.8) is 0 Å². The summed E-state index contributed by atoms with van der Waals surface area (Å²) in [6.45, 7) is 0. The normalized spacial score (nSPS) is 12.0. The Labute approximate surface area is 96.4 Å². The molecular weight excluding hydrogens is 230 g/mol. The summed E-state index contributed by atoms with van der Waals surface area (Å²) in [7, 11) is 1.93. The number of nitrogens with zero attached hydrogens (tertiary/aromatic N) is 2. The molecule has 1 aromatic carbocycles. The lowest BCUT2D eigenvalue weighted by Gasteiger charge is -2.02. The van der Waals surface area contributed by atoms with Gasteiger partial charge in [0, 0.05) is 23.0 Å². The number of hydrogen-bond donors (Lipinski definition) is 1. The minimum Gasteiger partial charge on any atom is -0.320 e. The summed E-state index contributed by atoms with van der Waals surface area (Å²) in [6, 6.07) is 7.71. The topological polar surface area (TPSA) is 43.3 Å². The van der Waals surface area contributed by atoms with E-state index in [4.69, 9.17) is 17.4 Å². The average Bonchev–Trinajstić information content (AvgIpc) is 2.59. The maximum absolute atomic E-state index is 5.93. The summed E-state index contributed by atoms with van der Waals surface area (Å²) < 4.78 is 1.94. The molecule has 0 radical (unpaired) electrons. The van der Waals surface area contributed by atoms with Gasteiger partial charge in [-0.15, -0.1) is 11.3 Å². The Morgan fingerprint density at radius 3 is 2.87 bits per heavy atom. The van der Waals surface area contributed by atoms with Crippen LogP contribution in [0.5, 0.6) is 0 Å². The molecule has 1 heterocycles. The molecule has 0 unspecified atom stereocenters. The lowest BCUT2D eigenvalue weighted by Crippen LogP contribution is -2.13. The fourth-order valence-electron chi connectivity index (χ4n) is 1.40. The van der Waals surface area contributed by atoms with Crippen LogP contribution in [0.1, 0.15) is 0 Å². The smallest absolute Gasteiger partial charge is 0.207 e. The summed E-state index contributed by atoms with van der Waals surface area (Å²) in [5.41, 5.74) is 2.13. The van der Waals surface area contributed by atoms with Gasteiger partial charge in [0.2, 0.25) is 4.80 Å². The Balaban J connectivity index is 2.60. The molecule has 2 rings (SSSR count). The van der Waals surface area contributed by atoms with Gasteiger partial charge in [0.05, 0.1) is 5.69 Å². The van der Waals surface area contributed by atoms with E-state index in [1.54, 1.807) is 0 Å². The number of benzene rings is 1. The van der Waals surface area contributed by atoms with Crippen LogP contribution in [0, 0.1) is 0 Å². The maximum atomic E-state index is 5.93. The zero-order chi connectivity index (χ0) is 10.8. The molecule has 0 saturated heterocycles. The van der Waals surface area contributed by atoms with E-state index >= 15 is 0 Å². The second-order valence-electron chi connectivity index (χ2n) is 3.10. The molecule has 0 spiro atoms. The van der Waals surface area contributed by atoms with Crippen LogP contribution in [-0.4, -0.2) is 4.57 Å². The molecule has 0 bridgehead atoms. The van der Waals surface area contributed by atoms with E-state index in [1.807, 2.05) is 41.3 Å². The third-order valence-corrected chi connectivity index (χ3v) is 3.32. The van der Waals surface area contributed by atoms with Gasteiger partial charge in [-0.25, -0.2) is 0 Å². The third kappa shape index (κ3) is 1.91. The first-order chi connectivity index (χ1) is 7.22. The van der Waals surface area contributed by atoms with Crippen LogP contribution in [0.3, 0.4) is 0 Å². The summed E-state index contributed by atoms with van der Waals surface area (Å²) in [4.78, 5) is 0.782. The minimum absolute atomic E-state index is 0.727. The SMILES string of the molecule is Cn1c(-c2cccc(Cl)c2)cs/c1=N\N. The van der Waals surface area contributed by atoms with Gasteiger partial charge in [-0.2, -0.15) is 5.10 Å². The number of aromatic nitrogens is 1. The molecule has 0 amide bonds. The van der Waals surface area contributed by atoms with E-state index in [0.717, 1.165) is 21.1 Å². The summed E-state index contributed by atoms with van der Waals surface area (Å²) in [5.74, 6) is 5.26.